The quantitative estimate of drug-likeness (QED) is 0.649. The summed E-state index contributed by atoms with van der Waals surface area (Å²) in [6.07, 6.45) is 0.365. The van der Waals surface area contributed by atoms with Crippen molar-refractivity contribution in [2.24, 2.45) is 16.8 Å². The average molecular weight is 448 g/mol. The Balaban J connectivity index is 2.17. The van der Waals surface area contributed by atoms with Crippen LogP contribution in [-0.2, 0) is 14.4 Å². The van der Waals surface area contributed by atoms with Crippen molar-refractivity contribution in [3.63, 3.8) is 0 Å². The number of halogens is 2. The van der Waals surface area contributed by atoms with Gasteiger partial charge in [0, 0.05) is 12.7 Å². The van der Waals surface area contributed by atoms with Crippen LogP contribution in [0.3, 0.4) is 0 Å². The van der Waals surface area contributed by atoms with Crippen molar-refractivity contribution in [3.8, 4) is 0 Å². The molecule has 3 rings (SSSR count). The van der Waals surface area contributed by atoms with E-state index in [2.05, 4.69) is 5.10 Å². The van der Waals surface area contributed by atoms with Crippen LogP contribution in [0, 0.1) is 17.6 Å². The van der Waals surface area contributed by atoms with E-state index in [0.29, 0.717) is 19.4 Å². The zero-order valence-corrected chi connectivity index (χ0v) is 18.7. The molecule has 0 aliphatic carbocycles. The van der Waals surface area contributed by atoms with Gasteiger partial charge in [-0.15, -0.1) is 0 Å². The molecular formula is C23H27F2N3O2S. The lowest BCUT2D eigenvalue weighted by Gasteiger charge is -2.37. The number of hydrazone groups is 1. The van der Waals surface area contributed by atoms with Gasteiger partial charge in [0.25, 0.3) is 5.91 Å². The van der Waals surface area contributed by atoms with Gasteiger partial charge in [0.1, 0.15) is 27.7 Å². The minimum absolute atomic E-state index is 0.0202. The van der Waals surface area contributed by atoms with E-state index in [1.165, 1.54) is 23.9 Å². The Labute approximate surface area is 185 Å². The number of nitrogens with two attached hydrogens (primary N) is 1. The molecule has 31 heavy (non-hydrogen) atoms. The molecule has 0 spiro atoms. The summed E-state index contributed by atoms with van der Waals surface area (Å²) in [5, 5.41) is 6.16. The Morgan fingerprint density at radius 1 is 1.23 bits per heavy atom. The molecule has 1 amide bonds. The van der Waals surface area contributed by atoms with Crippen molar-refractivity contribution in [1.29, 1.82) is 0 Å². The van der Waals surface area contributed by atoms with Crippen LogP contribution in [0.4, 0.5) is 8.78 Å². The van der Waals surface area contributed by atoms with Crippen LogP contribution in [0.2, 0.25) is 0 Å². The van der Waals surface area contributed by atoms with Crippen LogP contribution in [0.25, 0.3) is 0 Å². The monoisotopic (exact) mass is 447 g/mol. The van der Waals surface area contributed by atoms with Gasteiger partial charge < -0.3 is 10.5 Å². The lowest BCUT2D eigenvalue weighted by molar-refractivity contribution is -0.148. The first-order chi connectivity index (χ1) is 14.8. The van der Waals surface area contributed by atoms with E-state index in [0.717, 1.165) is 23.8 Å². The standard InChI is InChI=1S/C23H27F2N3O2S/c1-15(2)20(30-3)22(29)28-23(12-7-13-26,16-8-5-4-6-9-16)31-21(27-28)18-14-17(24)10-11-19(18)25/h4-6,8-11,14-15,20H,7,12-13,26H2,1-3H3. The van der Waals surface area contributed by atoms with Gasteiger partial charge in [0.15, 0.2) is 0 Å². The van der Waals surface area contributed by atoms with Crippen molar-refractivity contribution in [2.45, 2.75) is 37.7 Å². The molecule has 1 heterocycles. The summed E-state index contributed by atoms with van der Waals surface area (Å²) in [6, 6.07) is 12.7. The van der Waals surface area contributed by atoms with E-state index in [-0.39, 0.29) is 22.4 Å². The minimum Gasteiger partial charge on any atom is -0.371 e. The van der Waals surface area contributed by atoms with Crippen molar-refractivity contribution < 1.29 is 18.3 Å². The van der Waals surface area contributed by atoms with Crippen LogP contribution >= 0.6 is 11.8 Å². The topological polar surface area (TPSA) is 67.9 Å². The SMILES string of the molecule is COC(C(=O)N1N=C(c2cc(F)ccc2F)SC1(CCCN)c1ccccc1)C(C)C. The minimum atomic E-state index is -0.947. The number of ether oxygens (including phenoxy) is 1. The van der Waals surface area contributed by atoms with E-state index in [1.807, 2.05) is 44.2 Å². The Bertz CT molecular complexity index is 955. The Morgan fingerprint density at radius 2 is 1.94 bits per heavy atom. The molecule has 166 valence electrons. The summed E-state index contributed by atoms with van der Waals surface area (Å²) in [5.41, 5.74) is 6.65. The first-order valence-electron chi connectivity index (χ1n) is 10.2. The van der Waals surface area contributed by atoms with Gasteiger partial charge in [0.2, 0.25) is 0 Å². The van der Waals surface area contributed by atoms with Gasteiger partial charge in [0.05, 0.1) is 0 Å². The summed E-state index contributed by atoms with van der Waals surface area (Å²) in [7, 11) is 1.48. The third-order valence-electron chi connectivity index (χ3n) is 5.21. The zero-order valence-electron chi connectivity index (χ0n) is 17.8. The molecule has 0 saturated carbocycles. The summed E-state index contributed by atoms with van der Waals surface area (Å²) < 4.78 is 34.0. The van der Waals surface area contributed by atoms with Gasteiger partial charge >= 0.3 is 0 Å². The third-order valence-corrected chi connectivity index (χ3v) is 6.66. The molecule has 0 bridgehead atoms. The van der Waals surface area contributed by atoms with Crippen LogP contribution in [0.1, 0.15) is 37.8 Å². The molecule has 8 heteroatoms. The number of methoxy groups -OCH3 is 1. The third kappa shape index (κ3) is 4.66. The number of benzene rings is 2. The van der Waals surface area contributed by atoms with E-state index >= 15 is 0 Å². The van der Waals surface area contributed by atoms with E-state index in [1.54, 1.807) is 0 Å². The molecule has 2 aromatic rings. The number of rotatable bonds is 8. The molecule has 2 aromatic carbocycles. The molecule has 0 fully saturated rings. The summed E-state index contributed by atoms with van der Waals surface area (Å²) >= 11 is 1.24. The molecule has 5 nitrogen and oxygen atoms in total. The number of carbonyl (C=O) groups is 1. The second-order valence-corrected chi connectivity index (χ2v) is 8.99. The van der Waals surface area contributed by atoms with Gasteiger partial charge in [-0.3, -0.25) is 4.79 Å². The normalized spacial score (nSPS) is 19.6. The number of nitrogens with zero attached hydrogens (tertiary/aromatic N) is 2. The molecule has 2 N–H and O–H groups in total. The first-order valence-corrected chi connectivity index (χ1v) is 11.0. The van der Waals surface area contributed by atoms with Crippen molar-refractivity contribution in [1.82, 2.24) is 5.01 Å². The average Bonchev–Trinajstić information content (AvgIpc) is 3.15. The fraction of sp³-hybridized carbons (Fsp3) is 0.391. The maximum absolute atomic E-state index is 14.6. The van der Waals surface area contributed by atoms with Crippen molar-refractivity contribution >= 4 is 22.7 Å². The predicted molar refractivity (Wildman–Crippen MR) is 119 cm³/mol. The number of hydrogen-bond donors (Lipinski definition) is 1. The Morgan fingerprint density at radius 3 is 2.55 bits per heavy atom. The van der Waals surface area contributed by atoms with Crippen molar-refractivity contribution in [3.05, 3.63) is 71.3 Å². The number of hydrogen-bond acceptors (Lipinski definition) is 5. The van der Waals surface area contributed by atoms with Crippen LogP contribution in [0.15, 0.2) is 53.6 Å². The maximum atomic E-state index is 14.6. The summed E-state index contributed by atoms with van der Waals surface area (Å²) in [4.78, 5) is 12.6. The molecule has 2 atom stereocenters. The zero-order chi connectivity index (χ0) is 22.6. The smallest absolute Gasteiger partial charge is 0.273 e. The van der Waals surface area contributed by atoms with Gasteiger partial charge in [-0.25, -0.2) is 13.8 Å². The summed E-state index contributed by atoms with van der Waals surface area (Å²) in [6.45, 7) is 4.19. The second kappa shape index (κ2) is 9.89. The highest BCUT2D eigenvalue weighted by Gasteiger charge is 2.50. The van der Waals surface area contributed by atoms with Gasteiger partial charge in [-0.1, -0.05) is 55.9 Å². The second-order valence-electron chi connectivity index (χ2n) is 7.72. The molecular weight excluding hydrogens is 420 g/mol. The lowest BCUT2D eigenvalue weighted by atomic mass is 9.98. The van der Waals surface area contributed by atoms with E-state index < -0.39 is 22.6 Å². The van der Waals surface area contributed by atoms with Crippen molar-refractivity contribution in [2.75, 3.05) is 13.7 Å². The number of thioether (sulfide) groups is 1. The lowest BCUT2D eigenvalue weighted by Crippen LogP contribution is -2.48. The number of carbonyl (C=O) groups excluding carboxylic acids is 1. The van der Waals surface area contributed by atoms with Crippen LogP contribution < -0.4 is 5.73 Å². The molecule has 0 radical (unpaired) electrons. The fourth-order valence-corrected chi connectivity index (χ4v) is 5.12. The highest BCUT2D eigenvalue weighted by molar-refractivity contribution is 8.15. The van der Waals surface area contributed by atoms with Gasteiger partial charge in [-0.05, 0) is 49.1 Å². The van der Waals surface area contributed by atoms with Gasteiger partial charge in [-0.2, -0.15) is 5.10 Å². The number of amides is 1. The fourth-order valence-electron chi connectivity index (χ4n) is 3.69. The molecule has 2 unspecified atom stereocenters. The Hall–Kier alpha value is -2.29. The molecule has 0 aromatic heterocycles. The van der Waals surface area contributed by atoms with Crippen LogP contribution in [-0.4, -0.2) is 35.7 Å². The Kier molecular flexibility index (Phi) is 7.46. The van der Waals surface area contributed by atoms with E-state index in [9.17, 15) is 13.6 Å². The highest BCUT2D eigenvalue weighted by Crippen LogP contribution is 2.51. The largest absolute Gasteiger partial charge is 0.371 e. The maximum Gasteiger partial charge on any atom is 0.273 e. The van der Waals surface area contributed by atoms with Crippen LogP contribution in [0.5, 0.6) is 0 Å². The highest BCUT2D eigenvalue weighted by atomic mass is 32.2. The predicted octanol–water partition coefficient (Wildman–Crippen LogP) is 4.46. The first kappa shape index (κ1) is 23.4. The molecule has 0 saturated heterocycles. The molecule has 1 aliphatic rings. The summed E-state index contributed by atoms with van der Waals surface area (Å²) in [5.74, 6) is -1.61. The molecule has 1 aliphatic heterocycles. The van der Waals surface area contributed by atoms with E-state index in [4.69, 9.17) is 10.5 Å².